The number of pyridine rings is 1. The molecule has 1 aliphatic heterocycles. The van der Waals surface area contributed by atoms with Crippen molar-refractivity contribution in [3.8, 4) is 17.1 Å². The normalized spacial score (nSPS) is 15.5. The van der Waals surface area contributed by atoms with Crippen LogP contribution in [0.3, 0.4) is 0 Å². The summed E-state index contributed by atoms with van der Waals surface area (Å²) in [7, 11) is 5.50. The second-order valence-electron chi connectivity index (χ2n) is 9.61. The van der Waals surface area contributed by atoms with Crippen molar-refractivity contribution in [2.45, 2.75) is 26.3 Å². The summed E-state index contributed by atoms with van der Waals surface area (Å²) < 4.78 is 6.99. The summed E-state index contributed by atoms with van der Waals surface area (Å²) in [6.07, 6.45) is 7.92. The molecule has 1 atom stereocenters. The third-order valence-corrected chi connectivity index (χ3v) is 6.97. The van der Waals surface area contributed by atoms with Crippen LogP contribution >= 0.6 is 0 Å². The van der Waals surface area contributed by atoms with E-state index >= 15 is 0 Å². The zero-order valence-electron chi connectivity index (χ0n) is 22.4. The molecule has 0 aromatic carbocycles. The van der Waals surface area contributed by atoms with E-state index in [1.54, 1.807) is 30.4 Å². The molecule has 0 saturated carbocycles. The van der Waals surface area contributed by atoms with Crippen LogP contribution in [0, 0.1) is 6.92 Å². The van der Waals surface area contributed by atoms with Crippen molar-refractivity contribution in [2.75, 3.05) is 51.0 Å². The summed E-state index contributed by atoms with van der Waals surface area (Å²) in [5.41, 5.74) is 4.00. The van der Waals surface area contributed by atoms with Gasteiger partial charge in [-0.3, -0.25) is 14.4 Å². The lowest BCUT2D eigenvalue weighted by atomic mass is 10.1. The van der Waals surface area contributed by atoms with Gasteiger partial charge >= 0.3 is 0 Å². The number of ether oxygens (including phenoxy) is 1. The maximum Gasteiger partial charge on any atom is 0.256 e. The van der Waals surface area contributed by atoms with Crippen molar-refractivity contribution in [3.05, 3.63) is 36.4 Å². The van der Waals surface area contributed by atoms with Gasteiger partial charge in [-0.2, -0.15) is 0 Å². The van der Waals surface area contributed by atoms with Crippen LogP contribution in [0.4, 0.5) is 17.5 Å². The van der Waals surface area contributed by atoms with Crippen molar-refractivity contribution in [1.29, 1.82) is 0 Å². The third-order valence-electron chi connectivity index (χ3n) is 6.97. The standard InChI is InChI=1S/C26H34N10O2/c1-6-20(36-11-9-34(3)10-12-36)24(37)32-23-22-17(7-8-27-23)18(14-28-22)21-16(2)13-29-26(31-21)30-19-15-35(4)33-25(19)38-5/h7-8,13-15,20,28H,6,9-12H2,1-5H3,(H,27,32,37)(H,29,30,31)/t20-/m0/s1. The number of amides is 1. The molecular weight excluding hydrogens is 484 g/mol. The van der Waals surface area contributed by atoms with Gasteiger partial charge in [0, 0.05) is 62.8 Å². The van der Waals surface area contributed by atoms with Gasteiger partial charge in [-0.05, 0) is 32.0 Å². The van der Waals surface area contributed by atoms with Gasteiger partial charge in [0.15, 0.2) is 5.82 Å². The number of nitrogens with one attached hydrogen (secondary N) is 3. The van der Waals surface area contributed by atoms with Gasteiger partial charge in [-0.15, -0.1) is 5.10 Å². The van der Waals surface area contributed by atoms with Gasteiger partial charge in [0.25, 0.3) is 5.88 Å². The lowest BCUT2D eigenvalue weighted by Crippen LogP contribution is -2.52. The van der Waals surface area contributed by atoms with Gasteiger partial charge < -0.3 is 25.3 Å². The van der Waals surface area contributed by atoms with Gasteiger partial charge in [0.1, 0.15) is 5.69 Å². The Balaban J connectivity index is 1.41. The predicted octanol–water partition coefficient (Wildman–Crippen LogP) is 2.78. The number of likely N-dealkylation sites (N-methyl/N-ethyl adjacent to an activating group) is 1. The number of hydrogen-bond donors (Lipinski definition) is 3. The first-order valence-corrected chi connectivity index (χ1v) is 12.8. The van der Waals surface area contributed by atoms with Gasteiger partial charge in [0.2, 0.25) is 11.9 Å². The average molecular weight is 519 g/mol. The van der Waals surface area contributed by atoms with Gasteiger partial charge in [-0.1, -0.05) is 6.92 Å². The summed E-state index contributed by atoms with van der Waals surface area (Å²) >= 11 is 0. The number of nitrogens with zero attached hydrogens (tertiary/aromatic N) is 7. The minimum Gasteiger partial charge on any atom is -0.478 e. The van der Waals surface area contributed by atoms with Crippen molar-refractivity contribution < 1.29 is 9.53 Å². The summed E-state index contributed by atoms with van der Waals surface area (Å²) in [4.78, 5) is 34.9. The first kappa shape index (κ1) is 25.6. The van der Waals surface area contributed by atoms with Crippen molar-refractivity contribution in [3.63, 3.8) is 0 Å². The van der Waals surface area contributed by atoms with Crippen molar-refractivity contribution in [1.82, 2.24) is 39.5 Å². The number of aromatic nitrogens is 6. The number of anilines is 3. The van der Waals surface area contributed by atoms with E-state index in [0.29, 0.717) is 23.3 Å². The van der Waals surface area contributed by atoms with Crippen LogP contribution in [0.25, 0.3) is 22.2 Å². The Morgan fingerprint density at radius 1 is 1.21 bits per heavy atom. The lowest BCUT2D eigenvalue weighted by molar-refractivity contribution is -0.122. The van der Waals surface area contributed by atoms with E-state index in [1.165, 1.54) is 0 Å². The van der Waals surface area contributed by atoms with E-state index in [0.717, 1.165) is 60.3 Å². The Hall–Kier alpha value is -4.03. The number of carbonyl (C=O) groups is 1. The van der Waals surface area contributed by atoms with Crippen LogP contribution in [-0.2, 0) is 11.8 Å². The maximum absolute atomic E-state index is 13.3. The molecule has 4 aromatic heterocycles. The molecule has 5 heterocycles. The van der Waals surface area contributed by atoms with Crippen LogP contribution in [0.1, 0.15) is 18.9 Å². The van der Waals surface area contributed by atoms with E-state index in [4.69, 9.17) is 9.72 Å². The van der Waals surface area contributed by atoms with Crippen LogP contribution < -0.4 is 15.4 Å². The number of aryl methyl sites for hydroxylation is 2. The van der Waals surface area contributed by atoms with Crippen LogP contribution in [-0.4, -0.2) is 91.8 Å². The van der Waals surface area contributed by atoms with Crippen LogP contribution in [0.2, 0.25) is 0 Å². The molecule has 1 aliphatic rings. The molecule has 0 aliphatic carbocycles. The van der Waals surface area contributed by atoms with E-state index in [2.05, 4.69) is 47.5 Å². The summed E-state index contributed by atoms with van der Waals surface area (Å²) in [6.45, 7) is 7.69. The highest BCUT2D eigenvalue weighted by molar-refractivity contribution is 6.05. The fourth-order valence-electron chi connectivity index (χ4n) is 4.89. The maximum atomic E-state index is 13.3. The smallest absolute Gasteiger partial charge is 0.256 e. The molecule has 4 aromatic rings. The fourth-order valence-corrected chi connectivity index (χ4v) is 4.89. The van der Waals surface area contributed by atoms with E-state index < -0.39 is 0 Å². The number of fused-ring (bicyclic) bond motifs is 1. The Bertz CT molecular complexity index is 1440. The highest BCUT2D eigenvalue weighted by Gasteiger charge is 2.27. The molecule has 5 rings (SSSR count). The first-order chi connectivity index (χ1) is 18.4. The predicted molar refractivity (Wildman–Crippen MR) is 147 cm³/mol. The number of aromatic amines is 1. The van der Waals surface area contributed by atoms with Crippen molar-refractivity contribution in [2.24, 2.45) is 7.05 Å². The zero-order chi connectivity index (χ0) is 26.8. The summed E-state index contributed by atoms with van der Waals surface area (Å²) in [6, 6.07) is 1.73. The first-order valence-electron chi connectivity index (χ1n) is 12.8. The number of methoxy groups -OCH3 is 1. The molecule has 1 fully saturated rings. The summed E-state index contributed by atoms with van der Waals surface area (Å²) in [5, 5.41) is 11.4. The Morgan fingerprint density at radius 3 is 2.74 bits per heavy atom. The molecule has 12 heteroatoms. The number of H-pyrrole nitrogens is 1. The van der Waals surface area contributed by atoms with E-state index in [1.807, 2.05) is 33.2 Å². The Kier molecular flexibility index (Phi) is 7.25. The minimum atomic E-state index is -0.197. The fraction of sp³-hybridized carbons (Fsp3) is 0.423. The van der Waals surface area contributed by atoms with Crippen LogP contribution in [0.15, 0.2) is 30.9 Å². The molecule has 0 unspecified atom stereocenters. The van der Waals surface area contributed by atoms with Crippen molar-refractivity contribution >= 4 is 34.3 Å². The largest absolute Gasteiger partial charge is 0.478 e. The molecule has 1 amide bonds. The second-order valence-corrected chi connectivity index (χ2v) is 9.61. The third kappa shape index (κ3) is 5.04. The molecule has 0 spiro atoms. The molecular formula is C26H34N10O2. The summed E-state index contributed by atoms with van der Waals surface area (Å²) in [5.74, 6) is 1.35. The lowest BCUT2D eigenvalue weighted by Gasteiger charge is -2.36. The van der Waals surface area contributed by atoms with Gasteiger partial charge in [-0.25, -0.2) is 15.0 Å². The number of carbonyl (C=O) groups excluding carboxylic acids is 1. The molecule has 38 heavy (non-hydrogen) atoms. The topological polar surface area (TPSA) is 129 Å². The van der Waals surface area contributed by atoms with E-state index in [-0.39, 0.29) is 11.9 Å². The molecule has 3 N–H and O–H groups in total. The molecule has 0 bridgehead atoms. The highest BCUT2D eigenvalue weighted by atomic mass is 16.5. The monoisotopic (exact) mass is 518 g/mol. The Labute approximate surface area is 221 Å². The second kappa shape index (κ2) is 10.8. The quantitative estimate of drug-likeness (QED) is 0.322. The van der Waals surface area contributed by atoms with Crippen LogP contribution in [0.5, 0.6) is 5.88 Å². The highest BCUT2D eigenvalue weighted by Crippen LogP contribution is 2.33. The number of hydrogen-bond acceptors (Lipinski definition) is 9. The molecule has 12 nitrogen and oxygen atoms in total. The zero-order valence-corrected chi connectivity index (χ0v) is 22.4. The number of rotatable bonds is 8. The Morgan fingerprint density at radius 2 is 2.00 bits per heavy atom. The number of piperazine rings is 1. The molecule has 1 saturated heterocycles. The minimum absolute atomic E-state index is 0.0386. The molecule has 200 valence electrons. The molecule has 0 radical (unpaired) electrons. The van der Waals surface area contributed by atoms with Gasteiger partial charge in [0.05, 0.1) is 30.6 Å². The van der Waals surface area contributed by atoms with E-state index in [9.17, 15) is 4.79 Å². The average Bonchev–Trinajstić information content (AvgIpc) is 3.50. The SMILES string of the molecule is CC[C@@H](C(=O)Nc1nccc2c(-c3nc(Nc4cn(C)nc4OC)ncc3C)c[nH]c12)N1CCN(C)CC1.